The molecule has 0 aliphatic carbocycles. The minimum atomic E-state index is -4.11. The van der Waals surface area contributed by atoms with Crippen LogP contribution in [0.1, 0.15) is 61.9 Å². The summed E-state index contributed by atoms with van der Waals surface area (Å²) in [5, 5.41) is 3.13. The lowest BCUT2D eigenvalue weighted by Crippen LogP contribution is -2.39. The van der Waals surface area contributed by atoms with Gasteiger partial charge in [-0.15, -0.1) is 0 Å². The fourth-order valence-electron chi connectivity index (χ4n) is 4.60. The van der Waals surface area contributed by atoms with Crippen molar-refractivity contribution in [2.24, 2.45) is 0 Å². The average molecular weight is 635 g/mol. The number of imidazole rings is 1. The molecule has 0 atom stereocenters. The molecule has 0 saturated carbocycles. The molecule has 9 nitrogen and oxygen atoms in total. The van der Waals surface area contributed by atoms with E-state index in [-0.39, 0.29) is 11.5 Å². The molecule has 0 radical (unpaired) electrons. The SMILES string of the molecule is CCCCc1nc(Sc2ccccc2)c(C(=O)OCC)n1Cc1ccc(-c2ccccc2S(=O)(=O)NC(=O)NCCC)cc1. The van der Waals surface area contributed by atoms with Crippen LogP contribution >= 0.6 is 11.8 Å². The summed E-state index contributed by atoms with van der Waals surface area (Å²) in [7, 11) is -4.11. The van der Waals surface area contributed by atoms with Gasteiger partial charge >= 0.3 is 12.0 Å². The molecule has 1 heterocycles. The molecule has 0 aliphatic heterocycles. The van der Waals surface area contributed by atoms with Crippen molar-refractivity contribution in [3.8, 4) is 11.1 Å². The van der Waals surface area contributed by atoms with Gasteiger partial charge in [-0.05, 0) is 49.1 Å². The molecular weight excluding hydrogens is 597 g/mol. The topological polar surface area (TPSA) is 119 Å². The third-order valence-corrected chi connectivity index (χ3v) is 9.11. The predicted octanol–water partition coefficient (Wildman–Crippen LogP) is 6.67. The highest BCUT2D eigenvalue weighted by Gasteiger charge is 2.26. The van der Waals surface area contributed by atoms with Gasteiger partial charge in [0.05, 0.1) is 11.5 Å². The largest absolute Gasteiger partial charge is 0.461 e. The molecule has 4 aromatic rings. The molecule has 4 rings (SSSR count). The molecule has 2 N–H and O–H groups in total. The number of esters is 1. The van der Waals surface area contributed by atoms with Gasteiger partial charge in [-0.2, -0.15) is 0 Å². The van der Waals surface area contributed by atoms with E-state index in [9.17, 15) is 18.0 Å². The van der Waals surface area contributed by atoms with Crippen LogP contribution in [0.25, 0.3) is 11.1 Å². The number of nitrogens with one attached hydrogen (secondary N) is 2. The standard InChI is InChI=1S/C33H38N4O5S2/c1-4-7-17-29-35-31(43-26-13-9-8-10-14-26)30(32(38)42-6-3)37(29)23-24-18-20-25(21-19-24)27-15-11-12-16-28(27)44(40,41)36-33(39)34-22-5-2/h8-16,18-21H,4-7,17,22-23H2,1-3H3,(H2,34,36,39). The zero-order valence-corrected chi connectivity index (χ0v) is 26.8. The van der Waals surface area contributed by atoms with Crippen molar-refractivity contribution < 1.29 is 22.7 Å². The number of ether oxygens (including phenoxy) is 1. The second-order valence-electron chi connectivity index (χ2n) is 10.1. The van der Waals surface area contributed by atoms with E-state index in [4.69, 9.17) is 9.72 Å². The number of urea groups is 1. The lowest BCUT2D eigenvalue weighted by Gasteiger charge is -2.14. The number of hydrogen-bond acceptors (Lipinski definition) is 7. The molecule has 0 unspecified atom stereocenters. The van der Waals surface area contributed by atoms with E-state index in [1.807, 2.05) is 66.1 Å². The molecule has 0 aliphatic rings. The molecule has 0 bridgehead atoms. The number of aryl methyl sites for hydroxylation is 1. The van der Waals surface area contributed by atoms with Gasteiger partial charge in [0.2, 0.25) is 0 Å². The lowest BCUT2D eigenvalue weighted by molar-refractivity contribution is 0.0509. The fraction of sp³-hybridized carbons (Fsp3) is 0.303. The Morgan fingerprint density at radius 1 is 0.909 bits per heavy atom. The maximum Gasteiger partial charge on any atom is 0.357 e. The van der Waals surface area contributed by atoms with Crippen LogP contribution in [0.2, 0.25) is 0 Å². The molecule has 0 spiro atoms. The van der Waals surface area contributed by atoms with Crippen molar-refractivity contribution in [2.75, 3.05) is 13.2 Å². The van der Waals surface area contributed by atoms with Crippen molar-refractivity contribution in [1.29, 1.82) is 0 Å². The van der Waals surface area contributed by atoms with Gasteiger partial charge in [0, 0.05) is 30.0 Å². The number of amides is 2. The maximum atomic E-state index is 13.3. The minimum Gasteiger partial charge on any atom is -0.461 e. The first-order chi connectivity index (χ1) is 21.3. The number of nitrogens with zero attached hydrogens (tertiary/aromatic N) is 2. The Bertz CT molecular complexity index is 1670. The number of sulfonamides is 1. The average Bonchev–Trinajstić information content (AvgIpc) is 3.35. The molecule has 3 aromatic carbocycles. The molecule has 2 amide bonds. The van der Waals surface area contributed by atoms with Crippen molar-refractivity contribution >= 4 is 33.8 Å². The Kier molecular flexibility index (Phi) is 11.6. The molecule has 232 valence electrons. The summed E-state index contributed by atoms with van der Waals surface area (Å²) in [6.45, 7) is 6.77. The van der Waals surface area contributed by atoms with Gasteiger partial charge in [-0.25, -0.2) is 27.7 Å². The first-order valence-electron chi connectivity index (χ1n) is 14.8. The zero-order chi connectivity index (χ0) is 31.5. The van der Waals surface area contributed by atoms with E-state index in [1.54, 1.807) is 25.1 Å². The van der Waals surface area contributed by atoms with Gasteiger partial charge in [-0.1, -0.05) is 92.7 Å². The summed E-state index contributed by atoms with van der Waals surface area (Å²) >= 11 is 1.44. The Hall–Kier alpha value is -4.09. The number of benzene rings is 3. The Morgan fingerprint density at radius 3 is 2.30 bits per heavy atom. The summed E-state index contributed by atoms with van der Waals surface area (Å²) in [5.74, 6) is 0.383. The first-order valence-corrected chi connectivity index (χ1v) is 17.1. The zero-order valence-electron chi connectivity index (χ0n) is 25.2. The van der Waals surface area contributed by atoms with Crippen LogP contribution in [-0.2, 0) is 27.7 Å². The predicted molar refractivity (Wildman–Crippen MR) is 172 cm³/mol. The van der Waals surface area contributed by atoms with Crippen molar-refractivity contribution in [2.45, 2.75) is 67.8 Å². The summed E-state index contributed by atoms with van der Waals surface area (Å²) < 4.78 is 35.7. The van der Waals surface area contributed by atoms with Crippen LogP contribution in [0, 0.1) is 0 Å². The van der Waals surface area contributed by atoms with Gasteiger partial charge in [-0.3, -0.25) is 0 Å². The highest BCUT2D eigenvalue weighted by atomic mass is 32.2. The van der Waals surface area contributed by atoms with E-state index >= 15 is 0 Å². The van der Waals surface area contributed by atoms with Crippen LogP contribution in [0.3, 0.4) is 0 Å². The van der Waals surface area contributed by atoms with Crippen LogP contribution in [0.4, 0.5) is 4.79 Å². The maximum absolute atomic E-state index is 13.3. The number of carbonyl (C=O) groups excluding carboxylic acids is 2. The number of aromatic nitrogens is 2. The number of hydrogen-bond donors (Lipinski definition) is 2. The highest BCUT2D eigenvalue weighted by Crippen LogP contribution is 2.33. The molecule has 0 saturated heterocycles. The van der Waals surface area contributed by atoms with E-state index in [0.29, 0.717) is 47.8 Å². The van der Waals surface area contributed by atoms with Gasteiger partial charge in [0.1, 0.15) is 10.9 Å². The molecule has 1 aromatic heterocycles. The minimum absolute atomic E-state index is 0.00281. The Labute approximate surface area is 263 Å². The van der Waals surface area contributed by atoms with Crippen LogP contribution < -0.4 is 10.0 Å². The molecule has 44 heavy (non-hydrogen) atoms. The van der Waals surface area contributed by atoms with E-state index < -0.39 is 22.0 Å². The Balaban J connectivity index is 1.67. The Morgan fingerprint density at radius 2 is 1.61 bits per heavy atom. The van der Waals surface area contributed by atoms with Crippen molar-refractivity contribution in [3.05, 3.63) is 95.9 Å². The van der Waals surface area contributed by atoms with Crippen LogP contribution in [0.5, 0.6) is 0 Å². The third-order valence-electron chi connectivity index (χ3n) is 6.74. The van der Waals surface area contributed by atoms with Gasteiger partial charge in [0.15, 0.2) is 5.69 Å². The van der Waals surface area contributed by atoms with E-state index in [0.717, 1.165) is 29.1 Å². The van der Waals surface area contributed by atoms with Crippen molar-refractivity contribution in [1.82, 2.24) is 19.6 Å². The van der Waals surface area contributed by atoms with Gasteiger partial charge in [0.25, 0.3) is 10.0 Å². The highest BCUT2D eigenvalue weighted by molar-refractivity contribution is 7.99. The van der Waals surface area contributed by atoms with Crippen LogP contribution in [0.15, 0.2) is 93.7 Å². The molecular formula is C33H38N4O5S2. The number of unbranched alkanes of at least 4 members (excludes halogenated alkanes) is 1. The third kappa shape index (κ3) is 8.29. The summed E-state index contributed by atoms with van der Waals surface area (Å²) in [6, 6.07) is 23.1. The quantitative estimate of drug-likeness (QED) is 0.149. The second kappa shape index (κ2) is 15.6. The van der Waals surface area contributed by atoms with E-state index in [2.05, 4.69) is 17.0 Å². The summed E-state index contributed by atoms with van der Waals surface area (Å²) in [4.78, 5) is 31.3. The summed E-state index contributed by atoms with van der Waals surface area (Å²) in [5.41, 5.74) is 2.46. The first kappa shape index (κ1) is 32.8. The van der Waals surface area contributed by atoms with Crippen molar-refractivity contribution in [3.63, 3.8) is 0 Å². The normalized spacial score (nSPS) is 11.2. The second-order valence-corrected chi connectivity index (χ2v) is 12.8. The van der Waals surface area contributed by atoms with E-state index in [1.165, 1.54) is 17.8 Å². The van der Waals surface area contributed by atoms with Gasteiger partial charge < -0.3 is 14.6 Å². The number of carbonyl (C=O) groups is 2. The monoisotopic (exact) mass is 634 g/mol. The fourth-order valence-corrected chi connectivity index (χ4v) is 6.72. The summed E-state index contributed by atoms with van der Waals surface area (Å²) in [6.07, 6.45) is 3.29. The molecule has 11 heteroatoms. The van der Waals surface area contributed by atoms with Crippen LogP contribution in [-0.4, -0.2) is 43.1 Å². The smallest absolute Gasteiger partial charge is 0.357 e. The number of rotatable bonds is 14. The lowest BCUT2D eigenvalue weighted by atomic mass is 10.0. The molecule has 0 fully saturated rings.